The summed E-state index contributed by atoms with van der Waals surface area (Å²) in [5, 5.41) is 5.34. The zero-order valence-corrected chi connectivity index (χ0v) is 17.9. The molecule has 0 aliphatic carbocycles. The Kier molecular flexibility index (Phi) is 5.52. The Labute approximate surface area is 184 Å². The highest BCUT2D eigenvalue weighted by Gasteiger charge is 2.49. The molecule has 4 rings (SSSR count). The van der Waals surface area contributed by atoms with Gasteiger partial charge in [0.15, 0.2) is 11.5 Å². The van der Waals surface area contributed by atoms with Gasteiger partial charge in [-0.2, -0.15) is 0 Å². The minimum atomic E-state index is -1.35. The van der Waals surface area contributed by atoms with Gasteiger partial charge in [-0.15, -0.1) is 0 Å². The summed E-state index contributed by atoms with van der Waals surface area (Å²) in [6.07, 6.45) is 0. The third-order valence-electron chi connectivity index (χ3n) is 5.38. The fraction of sp³-hybridized carbons (Fsp3) is 0.318. The van der Waals surface area contributed by atoms with E-state index in [1.165, 1.54) is 14.2 Å². The molecule has 2 aromatic rings. The summed E-state index contributed by atoms with van der Waals surface area (Å²) in [4.78, 5) is 39.3. The van der Waals surface area contributed by atoms with Crippen molar-refractivity contribution in [2.24, 2.45) is 0 Å². The molecule has 4 amide bonds. The standard InChI is InChI=1S/C22H23N3O7/c1-22(13-4-6-17-18(10-13)32-9-8-31-17)20(27)25(21(28)24-22)12-19(26)23-15-11-14(29-2)5-7-16(15)30-3/h4-7,10-11H,8-9,12H2,1-3H3,(H,23,26)(H,24,28)/t22-/m1/s1. The number of carbonyl (C=O) groups is 3. The summed E-state index contributed by atoms with van der Waals surface area (Å²) in [7, 11) is 2.97. The molecule has 1 atom stereocenters. The molecule has 32 heavy (non-hydrogen) atoms. The number of nitrogens with zero attached hydrogens (tertiary/aromatic N) is 1. The topological polar surface area (TPSA) is 115 Å². The van der Waals surface area contributed by atoms with Gasteiger partial charge < -0.3 is 29.6 Å². The number of benzene rings is 2. The quantitative estimate of drug-likeness (QED) is 0.658. The van der Waals surface area contributed by atoms with Crippen LogP contribution in [0.15, 0.2) is 36.4 Å². The molecule has 2 heterocycles. The van der Waals surface area contributed by atoms with E-state index in [1.807, 2.05) is 0 Å². The predicted molar refractivity (Wildman–Crippen MR) is 113 cm³/mol. The Hall–Kier alpha value is -3.95. The van der Waals surface area contributed by atoms with Gasteiger partial charge in [0.25, 0.3) is 5.91 Å². The van der Waals surface area contributed by atoms with Crippen molar-refractivity contribution >= 4 is 23.5 Å². The average molecular weight is 441 g/mol. The van der Waals surface area contributed by atoms with Gasteiger partial charge >= 0.3 is 6.03 Å². The summed E-state index contributed by atoms with van der Waals surface area (Å²) in [6, 6.07) is 9.29. The van der Waals surface area contributed by atoms with Gasteiger partial charge in [-0.1, -0.05) is 6.07 Å². The molecule has 0 radical (unpaired) electrons. The first kappa shape index (κ1) is 21.3. The maximum absolute atomic E-state index is 13.2. The number of methoxy groups -OCH3 is 2. The second-order valence-electron chi connectivity index (χ2n) is 7.42. The van der Waals surface area contributed by atoms with E-state index in [0.717, 1.165) is 4.90 Å². The smallest absolute Gasteiger partial charge is 0.325 e. The summed E-state index contributed by atoms with van der Waals surface area (Å²) in [5.74, 6) is 0.889. The van der Waals surface area contributed by atoms with Crippen LogP contribution < -0.4 is 29.6 Å². The van der Waals surface area contributed by atoms with Crippen molar-refractivity contribution in [3.05, 3.63) is 42.0 Å². The highest BCUT2D eigenvalue weighted by atomic mass is 16.6. The number of fused-ring (bicyclic) bond motifs is 1. The molecule has 0 saturated carbocycles. The number of rotatable bonds is 6. The minimum Gasteiger partial charge on any atom is -0.497 e. The first-order chi connectivity index (χ1) is 15.4. The Morgan fingerprint density at radius 3 is 2.56 bits per heavy atom. The van der Waals surface area contributed by atoms with Crippen LogP contribution in [-0.2, 0) is 15.1 Å². The maximum Gasteiger partial charge on any atom is 0.325 e. The zero-order valence-electron chi connectivity index (χ0n) is 17.9. The third-order valence-corrected chi connectivity index (χ3v) is 5.38. The maximum atomic E-state index is 13.2. The largest absolute Gasteiger partial charge is 0.497 e. The van der Waals surface area contributed by atoms with Crippen LogP contribution in [0, 0.1) is 0 Å². The lowest BCUT2D eigenvalue weighted by Gasteiger charge is -2.25. The molecule has 2 N–H and O–H groups in total. The van der Waals surface area contributed by atoms with Crippen molar-refractivity contribution in [2.75, 3.05) is 39.3 Å². The molecular formula is C22H23N3O7. The van der Waals surface area contributed by atoms with Gasteiger partial charge in [-0.3, -0.25) is 14.5 Å². The van der Waals surface area contributed by atoms with Crippen LogP contribution >= 0.6 is 0 Å². The van der Waals surface area contributed by atoms with Gasteiger partial charge in [-0.25, -0.2) is 4.79 Å². The normalized spacial score (nSPS) is 19.4. The number of hydrogen-bond donors (Lipinski definition) is 2. The van der Waals surface area contributed by atoms with Crippen molar-refractivity contribution in [3.63, 3.8) is 0 Å². The first-order valence-corrected chi connectivity index (χ1v) is 9.92. The molecule has 2 aromatic carbocycles. The van der Waals surface area contributed by atoms with Crippen LogP contribution in [0.1, 0.15) is 12.5 Å². The highest BCUT2D eigenvalue weighted by molar-refractivity contribution is 6.10. The molecule has 168 valence electrons. The average Bonchev–Trinajstić information content (AvgIpc) is 3.02. The first-order valence-electron chi connectivity index (χ1n) is 9.92. The van der Waals surface area contributed by atoms with Crippen LogP contribution in [-0.4, -0.2) is 56.7 Å². The molecule has 0 spiro atoms. The van der Waals surface area contributed by atoms with Crippen LogP contribution in [0.2, 0.25) is 0 Å². The number of urea groups is 1. The molecule has 0 unspecified atom stereocenters. The van der Waals surface area contributed by atoms with E-state index in [2.05, 4.69) is 10.6 Å². The van der Waals surface area contributed by atoms with Gasteiger partial charge in [-0.05, 0) is 36.8 Å². The van der Waals surface area contributed by atoms with Crippen LogP contribution in [0.5, 0.6) is 23.0 Å². The van der Waals surface area contributed by atoms with Crippen molar-refractivity contribution in [2.45, 2.75) is 12.5 Å². The summed E-state index contributed by atoms with van der Waals surface area (Å²) in [6.45, 7) is 1.96. The van der Waals surface area contributed by atoms with E-state index >= 15 is 0 Å². The van der Waals surface area contributed by atoms with Crippen molar-refractivity contribution in [1.29, 1.82) is 0 Å². The van der Waals surface area contributed by atoms with E-state index in [-0.39, 0.29) is 0 Å². The minimum absolute atomic E-state index is 0.360. The molecule has 10 nitrogen and oxygen atoms in total. The fourth-order valence-electron chi connectivity index (χ4n) is 3.64. The molecule has 0 aromatic heterocycles. The lowest BCUT2D eigenvalue weighted by atomic mass is 9.91. The number of anilines is 1. The number of hydrogen-bond acceptors (Lipinski definition) is 7. The number of carbonyl (C=O) groups excluding carboxylic acids is 3. The summed E-state index contributed by atoms with van der Waals surface area (Å²) < 4.78 is 21.5. The Morgan fingerprint density at radius 1 is 1.09 bits per heavy atom. The van der Waals surface area contributed by atoms with E-state index in [9.17, 15) is 14.4 Å². The van der Waals surface area contributed by atoms with Gasteiger partial charge in [0.1, 0.15) is 36.8 Å². The van der Waals surface area contributed by atoms with Gasteiger partial charge in [0.2, 0.25) is 5.91 Å². The number of ether oxygens (including phenoxy) is 4. The van der Waals surface area contributed by atoms with E-state index in [4.69, 9.17) is 18.9 Å². The number of nitrogens with one attached hydrogen (secondary N) is 2. The second kappa shape index (κ2) is 8.29. The fourth-order valence-corrected chi connectivity index (χ4v) is 3.64. The van der Waals surface area contributed by atoms with Crippen molar-refractivity contribution in [1.82, 2.24) is 10.2 Å². The lowest BCUT2D eigenvalue weighted by Crippen LogP contribution is -2.42. The molecule has 10 heteroatoms. The molecule has 2 aliphatic heterocycles. The molecular weight excluding hydrogens is 418 g/mol. The molecule has 2 aliphatic rings. The Morgan fingerprint density at radius 2 is 1.84 bits per heavy atom. The number of amides is 4. The monoisotopic (exact) mass is 441 g/mol. The summed E-state index contributed by atoms with van der Waals surface area (Å²) >= 11 is 0. The van der Waals surface area contributed by atoms with Crippen molar-refractivity contribution in [3.8, 4) is 23.0 Å². The van der Waals surface area contributed by atoms with Gasteiger partial charge in [0, 0.05) is 6.07 Å². The SMILES string of the molecule is COc1ccc(OC)c(NC(=O)CN2C(=O)N[C@](C)(c3ccc4c(c3)OCCO4)C2=O)c1. The number of imide groups is 1. The predicted octanol–water partition coefficient (Wildman–Crippen LogP) is 1.88. The van der Waals surface area contributed by atoms with Crippen molar-refractivity contribution < 1.29 is 33.3 Å². The summed E-state index contributed by atoms with van der Waals surface area (Å²) in [5.41, 5.74) is -0.461. The molecule has 1 saturated heterocycles. The third kappa shape index (κ3) is 3.75. The van der Waals surface area contributed by atoms with Gasteiger partial charge in [0.05, 0.1) is 19.9 Å². The van der Waals surface area contributed by atoms with E-state index in [1.54, 1.807) is 43.3 Å². The molecule has 1 fully saturated rings. The van der Waals surface area contributed by atoms with E-state index < -0.39 is 29.9 Å². The van der Waals surface area contributed by atoms with Crippen LogP contribution in [0.3, 0.4) is 0 Å². The highest BCUT2D eigenvalue weighted by Crippen LogP contribution is 2.37. The Balaban J connectivity index is 1.51. The van der Waals surface area contributed by atoms with E-state index in [0.29, 0.717) is 47.5 Å². The van der Waals surface area contributed by atoms with Crippen LogP contribution in [0.4, 0.5) is 10.5 Å². The Bertz CT molecular complexity index is 1090. The lowest BCUT2D eigenvalue weighted by molar-refractivity contribution is -0.133. The van der Waals surface area contributed by atoms with Crippen LogP contribution in [0.25, 0.3) is 0 Å². The second-order valence-corrected chi connectivity index (χ2v) is 7.42. The molecule has 0 bridgehead atoms. The zero-order chi connectivity index (χ0) is 22.9.